The highest BCUT2D eigenvalue weighted by atomic mass is 35.5. The van der Waals surface area contributed by atoms with Crippen molar-refractivity contribution >= 4 is 11.6 Å². The molecule has 28 heavy (non-hydrogen) atoms. The highest BCUT2D eigenvalue weighted by Gasteiger charge is 2.32. The number of rotatable bonds is 3. The third-order valence-electron chi connectivity index (χ3n) is 4.51. The second kappa shape index (κ2) is 6.59. The van der Waals surface area contributed by atoms with Gasteiger partial charge in [-0.2, -0.15) is 13.2 Å². The number of halogens is 4. The number of H-pyrrole nitrogens is 1. The monoisotopic (exact) mass is 412 g/mol. The number of pyridine rings is 1. The van der Waals surface area contributed by atoms with Crippen molar-refractivity contribution in [3.63, 3.8) is 0 Å². The van der Waals surface area contributed by atoms with Crippen LogP contribution < -0.4 is 10.5 Å². The van der Waals surface area contributed by atoms with Gasteiger partial charge in [0.2, 0.25) is 11.8 Å². The maximum absolute atomic E-state index is 12.7. The normalized spacial score (nSPS) is 16.2. The van der Waals surface area contributed by atoms with Gasteiger partial charge < -0.3 is 14.3 Å². The molecular formula is C18H12ClF3N2O4. The van der Waals surface area contributed by atoms with E-state index < -0.39 is 17.5 Å². The van der Waals surface area contributed by atoms with Gasteiger partial charge in [-0.05, 0) is 42.2 Å². The molecule has 10 heteroatoms. The Morgan fingerprint density at radius 2 is 2.11 bits per heavy atom. The SMILES string of the molecule is O=c1[nH]c(O)c([C@@H]2CCc3cc(Oc4ncc(C(F)(F)F)cc4Cl)ccc32)o1. The van der Waals surface area contributed by atoms with E-state index in [0.29, 0.717) is 24.8 Å². The average Bonchev–Trinajstić information content (AvgIpc) is 3.17. The molecule has 0 bridgehead atoms. The fourth-order valence-electron chi connectivity index (χ4n) is 3.27. The number of fused-ring (bicyclic) bond motifs is 1. The summed E-state index contributed by atoms with van der Waals surface area (Å²) in [7, 11) is 0. The first-order valence-electron chi connectivity index (χ1n) is 8.18. The minimum Gasteiger partial charge on any atom is -0.492 e. The van der Waals surface area contributed by atoms with Crippen molar-refractivity contribution in [2.24, 2.45) is 0 Å². The van der Waals surface area contributed by atoms with Crippen LogP contribution in [0.25, 0.3) is 0 Å². The van der Waals surface area contributed by atoms with Crippen LogP contribution in [-0.2, 0) is 12.6 Å². The molecule has 2 heterocycles. The Hall–Kier alpha value is -2.94. The summed E-state index contributed by atoms with van der Waals surface area (Å²) >= 11 is 5.86. The van der Waals surface area contributed by atoms with E-state index >= 15 is 0 Å². The number of hydrogen-bond acceptors (Lipinski definition) is 5. The molecule has 0 aliphatic heterocycles. The standard InChI is InChI=1S/C18H12ClF3N2O4/c19-13-6-9(18(20,21)22)7-23-16(13)27-10-2-4-11-8(5-10)1-3-12(11)14-15(25)24-17(26)28-14/h2,4-7,12,25H,1,3H2,(H,24,26)/t12-/m1/s1. The van der Waals surface area contributed by atoms with Gasteiger partial charge in [0.15, 0.2) is 5.76 Å². The lowest BCUT2D eigenvalue weighted by atomic mass is 9.99. The number of oxazole rings is 1. The summed E-state index contributed by atoms with van der Waals surface area (Å²) in [6, 6.07) is 5.82. The molecule has 0 unspecified atom stereocenters. The highest BCUT2D eigenvalue weighted by Crippen LogP contribution is 2.42. The highest BCUT2D eigenvalue weighted by molar-refractivity contribution is 6.31. The van der Waals surface area contributed by atoms with Gasteiger partial charge >= 0.3 is 11.9 Å². The molecule has 1 aliphatic rings. The van der Waals surface area contributed by atoms with E-state index in [4.69, 9.17) is 20.8 Å². The van der Waals surface area contributed by atoms with Gasteiger partial charge in [0.05, 0.1) is 5.56 Å². The summed E-state index contributed by atoms with van der Waals surface area (Å²) in [6.45, 7) is 0. The molecule has 0 amide bonds. The van der Waals surface area contributed by atoms with Crippen molar-refractivity contribution in [1.82, 2.24) is 9.97 Å². The van der Waals surface area contributed by atoms with E-state index in [1.165, 1.54) is 0 Å². The van der Waals surface area contributed by atoms with Gasteiger partial charge in [-0.1, -0.05) is 17.7 Å². The molecule has 146 valence electrons. The molecular weight excluding hydrogens is 401 g/mol. The minimum absolute atomic E-state index is 0.140. The Bertz CT molecular complexity index is 1110. The van der Waals surface area contributed by atoms with Gasteiger partial charge in [-0.15, -0.1) is 0 Å². The third-order valence-corrected chi connectivity index (χ3v) is 4.79. The number of aromatic nitrogens is 2. The number of aromatic hydroxyl groups is 1. The smallest absolute Gasteiger partial charge is 0.419 e. The van der Waals surface area contributed by atoms with Crippen LogP contribution in [0.1, 0.15) is 34.8 Å². The zero-order valence-electron chi connectivity index (χ0n) is 14.0. The van der Waals surface area contributed by atoms with E-state index in [-0.39, 0.29) is 28.5 Å². The van der Waals surface area contributed by atoms with E-state index in [0.717, 1.165) is 17.2 Å². The lowest BCUT2D eigenvalue weighted by molar-refractivity contribution is -0.137. The van der Waals surface area contributed by atoms with E-state index in [1.54, 1.807) is 18.2 Å². The number of alkyl halides is 3. The van der Waals surface area contributed by atoms with Crippen LogP contribution in [0.15, 0.2) is 39.7 Å². The number of aromatic amines is 1. The number of nitrogens with one attached hydrogen (secondary N) is 1. The Kier molecular flexibility index (Phi) is 4.34. The van der Waals surface area contributed by atoms with E-state index in [1.807, 2.05) is 0 Å². The molecule has 3 aromatic rings. The molecule has 2 N–H and O–H groups in total. The molecule has 1 aromatic carbocycles. The quantitative estimate of drug-likeness (QED) is 0.655. The second-order valence-corrected chi connectivity index (χ2v) is 6.70. The molecule has 0 fully saturated rings. The first-order chi connectivity index (χ1) is 13.2. The summed E-state index contributed by atoms with van der Waals surface area (Å²) in [5, 5.41) is 9.54. The Balaban J connectivity index is 1.59. The van der Waals surface area contributed by atoms with Crippen LogP contribution in [0, 0.1) is 0 Å². The molecule has 1 aliphatic carbocycles. The summed E-state index contributed by atoms with van der Waals surface area (Å²) in [5.74, 6) is -0.930. The molecule has 0 saturated heterocycles. The molecule has 0 spiro atoms. The molecule has 1 atom stereocenters. The lowest BCUT2D eigenvalue weighted by Gasteiger charge is -2.12. The second-order valence-electron chi connectivity index (χ2n) is 6.29. The van der Waals surface area contributed by atoms with Crippen LogP contribution in [0.2, 0.25) is 5.02 Å². The van der Waals surface area contributed by atoms with Crippen LogP contribution in [0.4, 0.5) is 13.2 Å². The topological polar surface area (TPSA) is 88.4 Å². The number of hydrogen-bond donors (Lipinski definition) is 2. The summed E-state index contributed by atoms with van der Waals surface area (Å²) in [6.07, 6.45) is -2.63. The number of aryl methyl sites for hydroxylation is 1. The number of benzene rings is 1. The van der Waals surface area contributed by atoms with Crippen LogP contribution >= 0.6 is 11.6 Å². The Morgan fingerprint density at radius 1 is 1.32 bits per heavy atom. The first-order valence-corrected chi connectivity index (χ1v) is 8.55. The van der Waals surface area contributed by atoms with Crippen molar-refractivity contribution in [3.8, 4) is 17.5 Å². The minimum atomic E-state index is -4.55. The largest absolute Gasteiger partial charge is 0.492 e. The summed E-state index contributed by atoms with van der Waals surface area (Å²) in [4.78, 5) is 17.1. The number of ether oxygens (including phenoxy) is 1. The van der Waals surface area contributed by atoms with Crippen LogP contribution in [0.5, 0.6) is 17.5 Å². The van der Waals surface area contributed by atoms with E-state index in [9.17, 15) is 23.1 Å². The van der Waals surface area contributed by atoms with Gasteiger partial charge in [-0.3, -0.25) is 4.98 Å². The summed E-state index contributed by atoms with van der Waals surface area (Å²) in [5.41, 5.74) is 0.792. The molecule has 2 aromatic heterocycles. The third kappa shape index (κ3) is 3.33. The van der Waals surface area contributed by atoms with Crippen molar-refractivity contribution in [2.75, 3.05) is 0 Å². The Morgan fingerprint density at radius 3 is 2.75 bits per heavy atom. The van der Waals surface area contributed by atoms with Gasteiger partial charge in [-0.25, -0.2) is 9.78 Å². The first kappa shape index (κ1) is 18.4. The van der Waals surface area contributed by atoms with Crippen molar-refractivity contribution < 1.29 is 27.4 Å². The molecule has 6 nitrogen and oxygen atoms in total. The summed E-state index contributed by atoms with van der Waals surface area (Å²) < 4.78 is 48.6. The zero-order valence-corrected chi connectivity index (χ0v) is 14.8. The lowest BCUT2D eigenvalue weighted by Crippen LogP contribution is -2.05. The fourth-order valence-corrected chi connectivity index (χ4v) is 3.47. The van der Waals surface area contributed by atoms with Crippen molar-refractivity contribution in [2.45, 2.75) is 24.9 Å². The molecule has 4 rings (SSSR count). The van der Waals surface area contributed by atoms with Gasteiger partial charge in [0.1, 0.15) is 10.8 Å². The van der Waals surface area contributed by atoms with Gasteiger partial charge in [0.25, 0.3) is 0 Å². The van der Waals surface area contributed by atoms with E-state index in [2.05, 4.69) is 9.97 Å². The Labute approximate surface area is 160 Å². The zero-order chi connectivity index (χ0) is 20.1. The fraction of sp³-hybridized carbons (Fsp3) is 0.222. The van der Waals surface area contributed by atoms with Crippen molar-refractivity contribution in [1.29, 1.82) is 0 Å². The predicted octanol–water partition coefficient (Wildman–Crippen LogP) is 4.61. The van der Waals surface area contributed by atoms with Crippen LogP contribution in [0.3, 0.4) is 0 Å². The van der Waals surface area contributed by atoms with Gasteiger partial charge in [0, 0.05) is 12.1 Å². The number of nitrogens with zero attached hydrogens (tertiary/aromatic N) is 1. The average molecular weight is 413 g/mol. The molecule has 0 radical (unpaired) electrons. The maximum Gasteiger partial charge on any atom is 0.419 e. The van der Waals surface area contributed by atoms with Crippen LogP contribution in [-0.4, -0.2) is 15.1 Å². The maximum atomic E-state index is 12.7. The predicted molar refractivity (Wildman–Crippen MR) is 91.9 cm³/mol. The molecule has 0 saturated carbocycles. The van der Waals surface area contributed by atoms with Crippen molar-refractivity contribution in [3.05, 3.63) is 68.5 Å².